The molecule has 4 heteroatoms. The fourth-order valence-electron chi connectivity index (χ4n) is 1.86. The van der Waals surface area contributed by atoms with Gasteiger partial charge in [-0.3, -0.25) is 4.79 Å². The number of aromatic hydroxyl groups is 1. The van der Waals surface area contributed by atoms with Crippen LogP contribution in [0.4, 0.5) is 0 Å². The van der Waals surface area contributed by atoms with Crippen molar-refractivity contribution in [1.29, 1.82) is 0 Å². The van der Waals surface area contributed by atoms with Crippen molar-refractivity contribution in [2.45, 2.75) is 6.92 Å². The molecule has 0 radical (unpaired) electrons. The molecule has 0 aromatic heterocycles. The predicted octanol–water partition coefficient (Wildman–Crippen LogP) is 4.45. The topological polar surface area (TPSA) is 46.5 Å². The molecule has 1 N–H and O–H groups in total. The normalized spacial score (nSPS) is 10.8. The molecule has 0 saturated carbocycles. The number of hydrogen-bond donors (Lipinski definition) is 1. The maximum Gasteiger partial charge on any atom is 0.185 e. The Morgan fingerprint density at radius 1 is 1.29 bits per heavy atom. The summed E-state index contributed by atoms with van der Waals surface area (Å²) in [5, 5.41) is 9.40. The standard InChI is InChI=1S/C17H15BrO3/c1-2-21-17-9-7-14(18)10-13(17)6-8-16(20)12-4-3-5-15(19)11-12/h3-11,19H,2H2,1H3/b8-6+. The van der Waals surface area contributed by atoms with Gasteiger partial charge in [0.2, 0.25) is 0 Å². The van der Waals surface area contributed by atoms with Crippen LogP contribution in [0, 0.1) is 0 Å². The van der Waals surface area contributed by atoms with E-state index in [1.807, 2.05) is 25.1 Å². The summed E-state index contributed by atoms with van der Waals surface area (Å²) in [7, 11) is 0. The molecule has 0 heterocycles. The third-order valence-electron chi connectivity index (χ3n) is 2.82. The highest BCUT2D eigenvalue weighted by molar-refractivity contribution is 9.10. The van der Waals surface area contributed by atoms with Gasteiger partial charge in [-0.15, -0.1) is 0 Å². The Hall–Kier alpha value is -2.07. The van der Waals surface area contributed by atoms with Crippen molar-refractivity contribution in [2.75, 3.05) is 6.61 Å². The fraction of sp³-hybridized carbons (Fsp3) is 0.118. The number of ketones is 1. The van der Waals surface area contributed by atoms with Gasteiger partial charge in [0, 0.05) is 15.6 Å². The Balaban J connectivity index is 2.24. The maximum atomic E-state index is 12.1. The maximum absolute atomic E-state index is 12.1. The van der Waals surface area contributed by atoms with E-state index in [0.717, 1.165) is 15.8 Å². The summed E-state index contributed by atoms with van der Waals surface area (Å²) in [5.41, 5.74) is 1.26. The van der Waals surface area contributed by atoms with E-state index >= 15 is 0 Å². The lowest BCUT2D eigenvalue weighted by Gasteiger charge is -2.07. The number of benzene rings is 2. The van der Waals surface area contributed by atoms with E-state index in [2.05, 4.69) is 15.9 Å². The van der Waals surface area contributed by atoms with E-state index in [-0.39, 0.29) is 11.5 Å². The van der Waals surface area contributed by atoms with Gasteiger partial charge in [-0.2, -0.15) is 0 Å². The van der Waals surface area contributed by atoms with Gasteiger partial charge in [0.1, 0.15) is 11.5 Å². The minimum absolute atomic E-state index is 0.0757. The molecule has 3 nitrogen and oxygen atoms in total. The average Bonchev–Trinajstić information content (AvgIpc) is 2.47. The van der Waals surface area contributed by atoms with Gasteiger partial charge in [-0.05, 0) is 49.4 Å². The number of allylic oxidation sites excluding steroid dienone is 1. The van der Waals surface area contributed by atoms with Gasteiger partial charge in [-0.25, -0.2) is 0 Å². The Bertz CT molecular complexity index is 677. The first kappa shape index (κ1) is 15.3. The third kappa shape index (κ3) is 4.20. The SMILES string of the molecule is CCOc1ccc(Br)cc1/C=C/C(=O)c1cccc(O)c1. The number of phenolic OH excluding ortho intramolecular Hbond substituents is 1. The molecule has 2 aromatic carbocycles. The molecule has 108 valence electrons. The molecule has 0 aliphatic heterocycles. The molecular formula is C17H15BrO3. The first-order valence-corrected chi connectivity index (χ1v) is 7.33. The lowest BCUT2D eigenvalue weighted by molar-refractivity contribution is 0.104. The van der Waals surface area contributed by atoms with Crippen LogP contribution in [-0.2, 0) is 0 Å². The zero-order valence-electron chi connectivity index (χ0n) is 11.5. The van der Waals surface area contributed by atoms with E-state index < -0.39 is 0 Å². The monoisotopic (exact) mass is 346 g/mol. The minimum atomic E-state index is -0.173. The Kier molecular flexibility index (Phi) is 5.17. The largest absolute Gasteiger partial charge is 0.508 e. The molecule has 0 atom stereocenters. The van der Waals surface area contributed by atoms with Crippen LogP contribution in [0.3, 0.4) is 0 Å². The molecule has 2 aromatic rings. The first-order valence-electron chi connectivity index (χ1n) is 6.54. The predicted molar refractivity (Wildman–Crippen MR) is 86.8 cm³/mol. The second-order valence-electron chi connectivity index (χ2n) is 4.36. The summed E-state index contributed by atoms with van der Waals surface area (Å²) in [6.45, 7) is 2.47. The van der Waals surface area contributed by atoms with Crippen molar-refractivity contribution in [1.82, 2.24) is 0 Å². The van der Waals surface area contributed by atoms with Crippen LogP contribution in [0.5, 0.6) is 11.5 Å². The van der Waals surface area contributed by atoms with Crippen LogP contribution in [0.2, 0.25) is 0 Å². The van der Waals surface area contributed by atoms with E-state index in [0.29, 0.717) is 12.2 Å². The number of halogens is 1. The Labute approximate surface area is 132 Å². The summed E-state index contributed by atoms with van der Waals surface area (Å²) < 4.78 is 6.44. The van der Waals surface area contributed by atoms with Crippen LogP contribution < -0.4 is 4.74 Å². The molecule has 0 saturated heterocycles. The number of phenols is 1. The van der Waals surface area contributed by atoms with Crippen molar-refractivity contribution in [3.8, 4) is 11.5 Å². The average molecular weight is 347 g/mol. The Morgan fingerprint density at radius 3 is 2.81 bits per heavy atom. The van der Waals surface area contributed by atoms with E-state index in [1.54, 1.807) is 18.2 Å². The fourth-order valence-corrected chi connectivity index (χ4v) is 2.24. The van der Waals surface area contributed by atoms with Crippen molar-refractivity contribution in [2.24, 2.45) is 0 Å². The van der Waals surface area contributed by atoms with Crippen molar-refractivity contribution in [3.05, 3.63) is 64.1 Å². The summed E-state index contributed by atoms with van der Waals surface area (Å²) in [5.74, 6) is 0.626. The molecule has 0 aliphatic rings. The second kappa shape index (κ2) is 7.09. The highest BCUT2D eigenvalue weighted by atomic mass is 79.9. The van der Waals surface area contributed by atoms with E-state index in [1.165, 1.54) is 18.2 Å². The molecule has 0 bridgehead atoms. The molecular weight excluding hydrogens is 332 g/mol. The van der Waals surface area contributed by atoms with Gasteiger partial charge in [0.15, 0.2) is 5.78 Å². The minimum Gasteiger partial charge on any atom is -0.508 e. The van der Waals surface area contributed by atoms with Crippen LogP contribution in [0.15, 0.2) is 53.0 Å². The van der Waals surface area contributed by atoms with Crippen molar-refractivity contribution >= 4 is 27.8 Å². The highest BCUT2D eigenvalue weighted by Crippen LogP contribution is 2.25. The van der Waals surface area contributed by atoms with E-state index in [9.17, 15) is 9.90 Å². The molecule has 0 unspecified atom stereocenters. The quantitative estimate of drug-likeness (QED) is 0.642. The highest BCUT2D eigenvalue weighted by Gasteiger charge is 2.05. The summed E-state index contributed by atoms with van der Waals surface area (Å²) in [6.07, 6.45) is 3.18. The molecule has 0 aliphatic carbocycles. The van der Waals surface area contributed by atoms with Gasteiger partial charge >= 0.3 is 0 Å². The molecule has 2 rings (SSSR count). The van der Waals surface area contributed by atoms with Crippen LogP contribution in [-0.4, -0.2) is 17.5 Å². The molecule has 0 fully saturated rings. The summed E-state index contributed by atoms with van der Waals surface area (Å²) in [6, 6.07) is 11.9. The van der Waals surface area contributed by atoms with Gasteiger partial charge in [0.05, 0.1) is 6.61 Å². The van der Waals surface area contributed by atoms with Crippen LogP contribution >= 0.6 is 15.9 Å². The number of ether oxygens (including phenoxy) is 1. The number of rotatable bonds is 5. The number of carbonyl (C=O) groups excluding carboxylic acids is 1. The first-order chi connectivity index (χ1) is 10.1. The van der Waals surface area contributed by atoms with Crippen molar-refractivity contribution in [3.63, 3.8) is 0 Å². The smallest absolute Gasteiger partial charge is 0.185 e. The summed E-state index contributed by atoms with van der Waals surface area (Å²) >= 11 is 3.40. The van der Waals surface area contributed by atoms with Crippen LogP contribution in [0.1, 0.15) is 22.8 Å². The van der Waals surface area contributed by atoms with Crippen molar-refractivity contribution < 1.29 is 14.6 Å². The molecule has 0 amide bonds. The van der Waals surface area contributed by atoms with Gasteiger partial charge in [0.25, 0.3) is 0 Å². The lowest BCUT2D eigenvalue weighted by Crippen LogP contribution is -1.95. The number of carbonyl (C=O) groups is 1. The summed E-state index contributed by atoms with van der Waals surface area (Å²) in [4.78, 5) is 12.1. The second-order valence-corrected chi connectivity index (χ2v) is 5.28. The van der Waals surface area contributed by atoms with Crippen LogP contribution in [0.25, 0.3) is 6.08 Å². The third-order valence-corrected chi connectivity index (χ3v) is 3.31. The molecule has 21 heavy (non-hydrogen) atoms. The van der Waals surface area contributed by atoms with Gasteiger partial charge < -0.3 is 9.84 Å². The number of hydrogen-bond acceptors (Lipinski definition) is 3. The molecule has 0 spiro atoms. The zero-order chi connectivity index (χ0) is 15.2. The van der Waals surface area contributed by atoms with Gasteiger partial charge in [-0.1, -0.05) is 28.1 Å². The Morgan fingerprint density at radius 2 is 2.10 bits per heavy atom. The van der Waals surface area contributed by atoms with E-state index in [4.69, 9.17) is 4.74 Å². The zero-order valence-corrected chi connectivity index (χ0v) is 13.1. The lowest BCUT2D eigenvalue weighted by atomic mass is 10.1.